The van der Waals surface area contributed by atoms with E-state index in [0.29, 0.717) is 6.61 Å². The Morgan fingerprint density at radius 3 is 2.79 bits per heavy atom. The summed E-state index contributed by atoms with van der Waals surface area (Å²) in [5.41, 5.74) is 0.586. The fraction of sp³-hybridized carbons (Fsp3) is 0.375. The van der Waals surface area contributed by atoms with Crippen molar-refractivity contribution in [2.45, 2.75) is 31.0 Å². The van der Waals surface area contributed by atoms with E-state index in [2.05, 4.69) is 6.58 Å². The van der Waals surface area contributed by atoms with E-state index in [-0.39, 0.29) is 18.5 Å². The van der Waals surface area contributed by atoms with Crippen molar-refractivity contribution in [1.82, 2.24) is 0 Å². The first-order valence-electron chi connectivity index (χ1n) is 6.52. The van der Waals surface area contributed by atoms with Gasteiger partial charge in [0.1, 0.15) is 11.7 Å². The number of rotatable bonds is 2. The first-order chi connectivity index (χ1) is 9.21. The Morgan fingerprint density at radius 2 is 2.05 bits per heavy atom. The van der Waals surface area contributed by atoms with Crippen molar-refractivity contribution in [3.8, 4) is 0 Å². The molecule has 100 valence electrons. The molecule has 0 aromatic heterocycles. The summed E-state index contributed by atoms with van der Waals surface area (Å²) in [6.45, 7) is 6.28. The largest absolute Gasteiger partial charge is 0.358 e. The molecular formula is C16H18O3. The first kappa shape index (κ1) is 12.6. The molecule has 3 heteroatoms. The highest BCUT2D eigenvalue weighted by molar-refractivity contribution is 5.19. The molecule has 1 aromatic carbocycles. The molecule has 2 aliphatic rings. The van der Waals surface area contributed by atoms with E-state index in [4.69, 9.17) is 14.2 Å². The van der Waals surface area contributed by atoms with Crippen molar-refractivity contribution in [3.05, 3.63) is 60.7 Å². The third-order valence-electron chi connectivity index (χ3n) is 3.58. The van der Waals surface area contributed by atoms with Gasteiger partial charge in [-0.15, -0.1) is 6.58 Å². The molecule has 19 heavy (non-hydrogen) atoms. The summed E-state index contributed by atoms with van der Waals surface area (Å²) in [4.78, 5) is 0. The number of benzene rings is 1. The molecule has 3 rings (SSSR count). The highest BCUT2D eigenvalue weighted by Crippen LogP contribution is 2.37. The zero-order chi connectivity index (χ0) is 13.3. The van der Waals surface area contributed by atoms with Gasteiger partial charge in [-0.2, -0.15) is 0 Å². The number of ether oxygens (including phenoxy) is 3. The molecule has 4 atom stereocenters. The van der Waals surface area contributed by atoms with Gasteiger partial charge in [0.15, 0.2) is 6.29 Å². The summed E-state index contributed by atoms with van der Waals surface area (Å²) in [5, 5.41) is 0. The third-order valence-corrected chi connectivity index (χ3v) is 3.58. The van der Waals surface area contributed by atoms with Gasteiger partial charge in [-0.1, -0.05) is 48.6 Å². The number of hydrogen-bond donors (Lipinski definition) is 0. The van der Waals surface area contributed by atoms with Gasteiger partial charge >= 0.3 is 0 Å². The minimum absolute atomic E-state index is 0.0678. The Hall–Kier alpha value is -1.42. The van der Waals surface area contributed by atoms with Gasteiger partial charge < -0.3 is 14.2 Å². The summed E-state index contributed by atoms with van der Waals surface area (Å²) in [6, 6.07) is 9.96. The molecule has 2 heterocycles. The predicted octanol–water partition coefficient (Wildman–Crippen LogP) is 3.00. The zero-order valence-corrected chi connectivity index (χ0v) is 11.0. The molecule has 0 amide bonds. The smallest absolute Gasteiger partial charge is 0.184 e. The molecule has 0 saturated carbocycles. The third kappa shape index (κ3) is 2.37. The molecule has 1 fully saturated rings. The maximum Gasteiger partial charge on any atom is 0.184 e. The molecule has 2 aliphatic heterocycles. The Bertz CT molecular complexity index is 482. The molecule has 0 unspecified atom stereocenters. The molecule has 0 aliphatic carbocycles. The van der Waals surface area contributed by atoms with E-state index >= 15 is 0 Å². The van der Waals surface area contributed by atoms with Crippen LogP contribution in [0.3, 0.4) is 0 Å². The summed E-state index contributed by atoms with van der Waals surface area (Å²) in [6.07, 6.45) is 5.32. The van der Waals surface area contributed by atoms with Crippen LogP contribution in [0.1, 0.15) is 18.8 Å². The second-order valence-corrected chi connectivity index (χ2v) is 5.13. The van der Waals surface area contributed by atoms with Crippen LogP contribution in [-0.2, 0) is 14.2 Å². The lowest BCUT2D eigenvalue weighted by Crippen LogP contribution is -2.54. The van der Waals surface area contributed by atoms with Gasteiger partial charge in [-0.05, 0) is 6.92 Å². The lowest BCUT2D eigenvalue weighted by molar-refractivity contribution is -0.294. The second-order valence-electron chi connectivity index (χ2n) is 5.13. The summed E-state index contributed by atoms with van der Waals surface area (Å²) >= 11 is 0. The zero-order valence-electron chi connectivity index (χ0n) is 11.0. The van der Waals surface area contributed by atoms with E-state index in [1.807, 2.05) is 49.4 Å². The van der Waals surface area contributed by atoms with Crippen LogP contribution in [0.5, 0.6) is 0 Å². The predicted molar refractivity (Wildman–Crippen MR) is 72.6 cm³/mol. The minimum atomic E-state index is -0.446. The Balaban J connectivity index is 1.79. The highest BCUT2D eigenvalue weighted by atomic mass is 16.7. The van der Waals surface area contributed by atoms with Crippen LogP contribution in [0.2, 0.25) is 0 Å². The quantitative estimate of drug-likeness (QED) is 0.763. The van der Waals surface area contributed by atoms with Crippen molar-refractivity contribution < 1.29 is 14.2 Å². The van der Waals surface area contributed by atoms with Crippen molar-refractivity contribution in [3.63, 3.8) is 0 Å². The van der Waals surface area contributed by atoms with Crippen LogP contribution in [0, 0.1) is 0 Å². The van der Waals surface area contributed by atoms with Crippen LogP contribution >= 0.6 is 0 Å². The highest BCUT2D eigenvalue weighted by Gasteiger charge is 2.44. The van der Waals surface area contributed by atoms with Crippen molar-refractivity contribution in [1.29, 1.82) is 0 Å². The van der Waals surface area contributed by atoms with Gasteiger partial charge in [0.2, 0.25) is 0 Å². The monoisotopic (exact) mass is 258 g/mol. The SMILES string of the molecule is C=C[C@@H]1C=C[C@@H]2O[C@H](c3ccccc3)OC[C@@]2(C)O1. The van der Waals surface area contributed by atoms with Gasteiger partial charge in [0.25, 0.3) is 0 Å². The maximum atomic E-state index is 6.00. The lowest BCUT2D eigenvalue weighted by atomic mass is 9.94. The Morgan fingerprint density at radius 1 is 1.26 bits per heavy atom. The van der Waals surface area contributed by atoms with E-state index in [1.54, 1.807) is 6.08 Å². The van der Waals surface area contributed by atoms with Gasteiger partial charge in [-0.25, -0.2) is 0 Å². The molecule has 3 nitrogen and oxygen atoms in total. The standard InChI is InChI=1S/C16H18O3/c1-3-13-9-10-14-16(2,19-13)11-17-15(18-14)12-7-5-4-6-8-12/h3-10,13-15H,1,11H2,2H3/t13-,14+,15-,16-/m1/s1. The molecule has 0 bridgehead atoms. The molecule has 0 N–H and O–H groups in total. The molecule has 0 radical (unpaired) electrons. The molecule has 1 saturated heterocycles. The van der Waals surface area contributed by atoms with Gasteiger partial charge in [0, 0.05) is 5.56 Å². The van der Waals surface area contributed by atoms with E-state index < -0.39 is 5.60 Å². The van der Waals surface area contributed by atoms with E-state index in [0.717, 1.165) is 5.56 Å². The summed E-state index contributed by atoms with van der Waals surface area (Å²) in [5.74, 6) is 0. The topological polar surface area (TPSA) is 27.7 Å². The molecule has 1 aromatic rings. The van der Waals surface area contributed by atoms with Crippen molar-refractivity contribution in [2.75, 3.05) is 6.61 Å². The maximum absolute atomic E-state index is 6.00. The second kappa shape index (κ2) is 4.93. The molecular weight excluding hydrogens is 240 g/mol. The van der Waals surface area contributed by atoms with Crippen LogP contribution in [0.15, 0.2) is 55.1 Å². The summed E-state index contributed by atoms with van der Waals surface area (Å²) < 4.78 is 17.8. The van der Waals surface area contributed by atoms with Crippen LogP contribution in [0.25, 0.3) is 0 Å². The average molecular weight is 258 g/mol. The van der Waals surface area contributed by atoms with Gasteiger partial charge in [0.05, 0.1) is 12.7 Å². The van der Waals surface area contributed by atoms with Crippen LogP contribution in [-0.4, -0.2) is 24.4 Å². The van der Waals surface area contributed by atoms with Crippen LogP contribution in [0.4, 0.5) is 0 Å². The Labute approximate surface area is 113 Å². The van der Waals surface area contributed by atoms with Crippen molar-refractivity contribution in [2.24, 2.45) is 0 Å². The van der Waals surface area contributed by atoms with Crippen molar-refractivity contribution >= 4 is 0 Å². The van der Waals surface area contributed by atoms with E-state index in [9.17, 15) is 0 Å². The normalized spacial score (nSPS) is 37.6. The summed E-state index contributed by atoms with van der Waals surface area (Å²) in [7, 11) is 0. The minimum Gasteiger partial charge on any atom is -0.358 e. The van der Waals surface area contributed by atoms with Gasteiger partial charge in [-0.3, -0.25) is 0 Å². The fourth-order valence-corrected chi connectivity index (χ4v) is 2.46. The average Bonchev–Trinajstić information content (AvgIpc) is 2.46. The van der Waals surface area contributed by atoms with Crippen LogP contribution < -0.4 is 0 Å². The number of hydrogen-bond acceptors (Lipinski definition) is 3. The number of fused-ring (bicyclic) bond motifs is 1. The fourth-order valence-electron chi connectivity index (χ4n) is 2.46. The van der Waals surface area contributed by atoms with E-state index in [1.165, 1.54) is 0 Å². The Kier molecular flexibility index (Phi) is 3.27. The first-order valence-corrected chi connectivity index (χ1v) is 6.52. The lowest BCUT2D eigenvalue weighted by Gasteiger charge is -2.45. The molecule has 0 spiro atoms.